The van der Waals surface area contributed by atoms with Crippen molar-refractivity contribution in [2.75, 3.05) is 5.32 Å². The van der Waals surface area contributed by atoms with Crippen molar-refractivity contribution in [1.82, 2.24) is 0 Å². The van der Waals surface area contributed by atoms with Crippen LogP contribution < -0.4 is 5.32 Å². The van der Waals surface area contributed by atoms with Gasteiger partial charge in [0.05, 0.1) is 0 Å². The molecule has 0 saturated heterocycles. The summed E-state index contributed by atoms with van der Waals surface area (Å²) in [5.74, 6) is -0.992. The SMILES string of the molecule is Cc1ccc(F)cc1NC(=O)C(Cl)Cl. The molecule has 0 aliphatic rings. The van der Waals surface area contributed by atoms with E-state index in [9.17, 15) is 9.18 Å². The molecule has 1 N–H and O–H groups in total. The maximum Gasteiger partial charge on any atom is 0.257 e. The molecule has 2 nitrogen and oxygen atoms in total. The Morgan fingerprint density at radius 3 is 2.71 bits per heavy atom. The molecule has 0 atom stereocenters. The molecule has 0 heterocycles. The summed E-state index contributed by atoms with van der Waals surface area (Å²) in [6.07, 6.45) is 0. The van der Waals surface area contributed by atoms with Gasteiger partial charge in [0.2, 0.25) is 0 Å². The van der Waals surface area contributed by atoms with E-state index in [1.165, 1.54) is 12.1 Å². The van der Waals surface area contributed by atoms with Gasteiger partial charge in [-0.15, -0.1) is 0 Å². The number of anilines is 1. The highest BCUT2D eigenvalue weighted by molar-refractivity contribution is 6.54. The van der Waals surface area contributed by atoms with Crippen molar-refractivity contribution >= 4 is 34.8 Å². The first-order valence-corrected chi connectivity index (χ1v) is 4.73. The highest BCUT2D eigenvalue weighted by Gasteiger charge is 2.12. The molecule has 0 saturated carbocycles. The summed E-state index contributed by atoms with van der Waals surface area (Å²) >= 11 is 10.7. The lowest BCUT2D eigenvalue weighted by Gasteiger charge is -2.08. The van der Waals surface area contributed by atoms with Crippen molar-refractivity contribution in [3.05, 3.63) is 29.6 Å². The molecule has 0 fully saturated rings. The molecule has 1 amide bonds. The van der Waals surface area contributed by atoms with Crippen LogP contribution in [0.4, 0.5) is 10.1 Å². The van der Waals surface area contributed by atoms with Crippen molar-refractivity contribution < 1.29 is 9.18 Å². The maximum absolute atomic E-state index is 12.8. The molecule has 0 aromatic heterocycles. The van der Waals surface area contributed by atoms with Crippen LogP contribution in [0.25, 0.3) is 0 Å². The summed E-state index contributed by atoms with van der Waals surface area (Å²) in [6, 6.07) is 4.08. The fourth-order valence-electron chi connectivity index (χ4n) is 0.916. The van der Waals surface area contributed by atoms with Gasteiger partial charge in [-0.25, -0.2) is 4.39 Å². The van der Waals surface area contributed by atoms with E-state index in [0.29, 0.717) is 5.69 Å². The fraction of sp³-hybridized carbons (Fsp3) is 0.222. The van der Waals surface area contributed by atoms with Gasteiger partial charge in [-0.3, -0.25) is 4.79 Å². The Kier molecular flexibility index (Phi) is 3.72. The molecule has 14 heavy (non-hydrogen) atoms. The number of carbonyl (C=O) groups is 1. The monoisotopic (exact) mass is 235 g/mol. The molecule has 0 aliphatic carbocycles. The van der Waals surface area contributed by atoms with Gasteiger partial charge in [-0.1, -0.05) is 29.3 Å². The average molecular weight is 236 g/mol. The molecule has 5 heteroatoms. The number of halogens is 3. The zero-order valence-corrected chi connectivity index (χ0v) is 8.86. The Hall–Kier alpha value is -0.800. The number of rotatable bonds is 2. The van der Waals surface area contributed by atoms with E-state index in [4.69, 9.17) is 23.2 Å². The molecular formula is C9H8Cl2FNO. The predicted molar refractivity (Wildman–Crippen MR) is 55.3 cm³/mol. The topological polar surface area (TPSA) is 29.1 Å². The summed E-state index contributed by atoms with van der Waals surface area (Å²) in [5, 5.41) is 2.41. The Balaban J connectivity index is 2.86. The predicted octanol–water partition coefficient (Wildman–Crippen LogP) is 2.88. The summed E-state index contributed by atoms with van der Waals surface area (Å²) in [4.78, 5) is 9.92. The number of amides is 1. The van der Waals surface area contributed by atoms with Gasteiger partial charge in [-0.2, -0.15) is 0 Å². The van der Waals surface area contributed by atoms with E-state index >= 15 is 0 Å². The number of aryl methyl sites for hydroxylation is 1. The summed E-state index contributed by atoms with van der Waals surface area (Å²) in [6.45, 7) is 1.74. The highest BCUT2D eigenvalue weighted by Crippen LogP contribution is 2.17. The second-order valence-corrected chi connectivity index (χ2v) is 3.85. The minimum absolute atomic E-state index is 0.376. The third kappa shape index (κ3) is 2.86. The maximum atomic E-state index is 12.8. The number of carbonyl (C=O) groups excluding carboxylic acids is 1. The van der Waals surface area contributed by atoms with Crippen LogP contribution in [-0.4, -0.2) is 10.7 Å². The van der Waals surface area contributed by atoms with E-state index in [0.717, 1.165) is 5.56 Å². The van der Waals surface area contributed by atoms with Gasteiger partial charge in [0.1, 0.15) is 5.82 Å². The summed E-state index contributed by atoms with van der Waals surface area (Å²) in [7, 11) is 0. The molecule has 0 bridgehead atoms. The second kappa shape index (κ2) is 4.62. The smallest absolute Gasteiger partial charge is 0.257 e. The van der Waals surface area contributed by atoms with E-state index in [-0.39, 0.29) is 0 Å². The van der Waals surface area contributed by atoms with Crippen LogP contribution >= 0.6 is 23.2 Å². The first-order valence-electron chi connectivity index (χ1n) is 3.86. The third-order valence-electron chi connectivity index (χ3n) is 1.66. The molecule has 1 aromatic carbocycles. The van der Waals surface area contributed by atoms with E-state index < -0.39 is 16.6 Å². The largest absolute Gasteiger partial charge is 0.323 e. The Labute approximate surface area is 91.0 Å². The van der Waals surface area contributed by atoms with Gasteiger partial charge < -0.3 is 5.32 Å². The zero-order valence-electron chi connectivity index (χ0n) is 7.35. The lowest BCUT2D eigenvalue weighted by Crippen LogP contribution is -2.19. The van der Waals surface area contributed by atoms with E-state index in [2.05, 4.69) is 5.32 Å². The first-order chi connectivity index (χ1) is 6.50. The van der Waals surface area contributed by atoms with Gasteiger partial charge in [0.25, 0.3) is 5.91 Å². The van der Waals surface area contributed by atoms with Crippen molar-refractivity contribution in [1.29, 1.82) is 0 Å². The van der Waals surface area contributed by atoms with Crippen LogP contribution in [0.2, 0.25) is 0 Å². The van der Waals surface area contributed by atoms with Crippen LogP contribution in [0, 0.1) is 12.7 Å². The number of hydrogen-bond acceptors (Lipinski definition) is 1. The molecule has 0 radical (unpaired) electrons. The third-order valence-corrected chi connectivity index (χ3v) is 2.05. The van der Waals surface area contributed by atoms with Gasteiger partial charge in [0.15, 0.2) is 4.84 Å². The van der Waals surface area contributed by atoms with Crippen molar-refractivity contribution in [2.24, 2.45) is 0 Å². The molecule has 76 valence electrons. The van der Waals surface area contributed by atoms with E-state index in [1.54, 1.807) is 13.0 Å². The van der Waals surface area contributed by atoms with Crippen molar-refractivity contribution in [3.63, 3.8) is 0 Å². The standard InChI is InChI=1S/C9H8Cl2FNO/c1-5-2-3-6(12)4-7(5)13-9(14)8(10)11/h2-4,8H,1H3,(H,13,14). The number of nitrogens with one attached hydrogen (secondary N) is 1. The minimum atomic E-state index is -1.15. The Bertz CT molecular complexity index is 355. The molecule has 0 spiro atoms. The Morgan fingerprint density at radius 2 is 2.14 bits per heavy atom. The van der Waals surface area contributed by atoms with E-state index in [1.807, 2.05) is 0 Å². The van der Waals surface area contributed by atoms with Crippen molar-refractivity contribution in [3.8, 4) is 0 Å². The molecule has 1 aromatic rings. The number of alkyl halides is 2. The number of hydrogen-bond donors (Lipinski definition) is 1. The van der Waals surface area contributed by atoms with Gasteiger partial charge in [-0.05, 0) is 24.6 Å². The normalized spacial score (nSPS) is 10.4. The molecule has 1 rings (SSSR count). The number of benzene rings is 1. The first kappa shape index (κ1) is 11.3. The molecular weight excluding hydrogens is 228 g/mol. The van der Waals surface area contributed by atoms with Crippen LogP contribution in [-0.2, 0) is 4.79 Å². The fourth-order valence-corrected chi connectivity index (χ4v) is 1.03. The van der Waals surface area contributed by atoms with Gasteiger partial charge >= 0.3 is 0 Å². The highest BCUT2D eigenvalue weighted by atomic mass is 35.5. The van der Waals surface area contributed by atoms with Gasteiger partial charge in [0, 0.05) is 5.69 Å². The van der Waals surface area contributed by atoms with Crippen LogP contribution in [0.3, 0.4) is 0 Å². The Morgan fingerprint density at radius 1 is 1.50 bits per heavy atom. The molecule has 0 unspecified atom stereocenters. The zero-order chi connectivity index (χ0) is 10.7. The summed E-state index contributed by atoms with van der Waals surface area (Å²) in [5.41, 5.74) is 1.12. The minimum Gasteiger partial charge on any atom is -0.323 e. The van der Waals surface area contributed by atoms with Crippen LogP contribution in [0.5, 0.6) is 0 Å². The second-order valence-electron chi connectivity index (χ2n) is 2.75. The summed E-state index contributed by atoms with van der Waals surface area (Å²) < 4.78 is 12.8. The van der Waals surface area contributed by atoms with Crippen molar-refractivity contribution in [2.45, 2.75) is 11.8 Å². The van der Waals surface area contributed by atoms with Crippen LogP contribution in [0.1, 0.15) is 5.56 Å². The lowest BCUT2D eigenvalue weighted by molar-refractivity contribution is -0.114. The van der Waals surface area contributed by atoms with Crippen LogP contribution in [0.15, 0.2) is 18.2 Å². The lowest BCUT2D eigenvalue weighted by atomic mass is 10.2. The quantitative estimate of drug-likeness (QED) is 0.786. The molecule has 0 aliphatic heterocycles. The average Bonchev–Trinajstić information content (AvgIpc) is 2.11.